The van der Waals surface area contributed by atoms with E-state index in [0.717, 1.165) is 56.2 Å². The van der Waals surface area contributed by atoms with Crippen molar-refractivity contribution in [3.05, 3.63) is 89.0 Å². The lowest BCUT2D eigenvalue weighted by atomic mass is 10.0. The van der Waals surface area contributed by atoms with Crippen LogP contribution in [0.3, 0.4) is 0 Å². The van der Waals surface area contributed by atoms with Gasteiger partial charge in [0.05, 0.1) is 24.0 Å². The van der Waals surface area contributed by atoms with Gasteiger partial charge < -0.3 is 29.1 Å². The van der Waals surface area contributed by atoms with Crippen molar-refractivity contribution in [2.45, 2.75) is 69.0 Å². The number of carbonyl (C=O) groups excluding carboxylic acids is 1. The maximum Gasteiger partial charge on any atom is 0.382 e. The topological polar surface area (TPSA) is 220 Å². The van der Waals surface area contributed by atoms with E-state index in [4.69, 9.17) is 15.0 Å². The number of aryl methyl sites for hydroxylation is 1. The number of ether oxygens (including phenoxy) is 1. The van der Waals surface area contributed by atoms with Gasteiger partial charge in [-0.25, -0.2) is 13.6 Å². The number of primary sulfonamides is 1. The molecule has 3 rings (SSSR count). The van der Waals surface area contributed by atoms with Crippen LogP contribution >= 0.6 is 0 Å². The standard InChI is InChI=1S/C33H45N3O10S2/c34-47(41,42)30-14-12-29(13-15-30)36(23-32(39)27-11-16-31(38)28(22-27)24-37)17-4-1-2-5-18-45-19-6-3-8-25-9-7-10-26(20-25)21-33(40)46-48(35,43)44/h7,9-16,20,22,32,37-39H,1-6,8,17-19,21,23-24H2,(H2,34,41,42)(H2,35,43,44)/t32-/m0/s1. The number of unbranched alkanes of at least 4 members (excludes halogenated alkanes) is 4. The summed E-state index contributed by atoms with van der Waals surface area (Å²) in [4.78, 5) is 13.6. The zero-order chi connectivity index (χ0) is 35.2. The van der Waals surface area contributed by atoms with Crippen molar-refractivity contribution < 1.29 is 45.9 Å². The number of anilines is 1. The SMILES string of the molecule is NS(=O)(=O)OC(=O)Cc1cccc(CCCCOCCCCCCN(C[C@H](O)c2ccc(O)c(CO)c2)c2ccc(S(N)(=O)=O)cc2)c1. The molecule has 0 aliphatic heterocycles. The normalized spacial score (nSPS) is 12.5. The smallest absolute Gasteiger partial charge is 0.382 e. The van der Waals surface area contributed by atoms with Crippen LogP contribution in [0, 0.1) is 0 Å². The van der Waals surface area contributed by atoms with E-state index < -0.39 is 32.4 Å². The Hall–Kier alpha value is -3.57. The second-order valence-electron chi connectivity index (χ2n) is 11.5. The van der Waals surface area contributed by atoms with Gasteiger partial charge in [0.2, 0.25) is 10.0 Å². The molecule has 3 aromatic carbocycles. The second kappa shape index (κ2) is 18.8. The quantitative estimate of drug-likeness (QED) is 0.101. The van der Waals surface area contributed by atoms with Crippen LogP contribution in [0.15, 0.2) is 71.6 Å². The van der Waals surface area contributed by atoms with Crippen LogP contribution in [-0.2, 0) is 53.5 Å². The van der Waals surface area contributed by atoms with Gasteiger partial charge in [0.1, 0.15) is 5.75 Å². The predicted molar refractivity (Wildman–Crippen MR) is 181 cm³/mol. The van der Waals surface area contributed by atoms with Crippen LogP contribution in [-0.4, -0.2) is 64.4 Å². The molecule has 13 nitrogen and oxygen atoms in total. The molecular formula is C33H45N3O10S2. The molecule has 0 bridgehead atoms. The minimum absolute atomic E-state index is 0.00412. The van der Waals surface area contributed by atoms with E-state index >= 15 is 0 Å². The number of aromatic hydroxyl groups is 1. The number of aliphatic hydroxyl groups is 2. The van der Waals surface area contributed by atoms with Gasteiger partial charge in [-0.05, 0) is 85.2 Å². The molecule has 0 heterocycles. The number of hydrogen-bond acceptors (Lipinski definition) is 11. The first-order valence-electron chi connectivity index (χ1n) is 15.6. The molecule has 0 aliphatic carbocycles. The van der Waals surface area contributed by atoms with E-state index in [9.17, 15) is 36.9 Å². The molecule has 0 unspecified atom stereocenters. The van der Waals surface area contributed by atoms with Crippen molar-refractivity contribution in [3.8, 4) is 5.75 Å². The number of phenols is 1. The zero-order valence-electron chi connectivity index (χ0n) is 26.7. The molecule has 0 fully saturated rings. The first kappa shape index (κ1) is 38.9. The Labute approximate surface area is 282 Å². The van der Waals surface area contributed by atoms with Crippen molar-refractivity contribution in [2.75, 3.05) is 31.2 Å². The van der Waals surface area contributed by atoms with E-state index in [0.29, 0.717) is 36.4 Å². The third-order valence-electron chi connectivity index (χ3n) is 7.60. The number of rotatable bonds is 21. The van der Waals surface area contributed by atoms with Gasteiger partial charge >= 0.3 is 16.3 Å². The van der Waals surface area contributed by atoms with Gasteiger partial charge in [-0.3, -0.25) is 4.79 Å². The summed E-state index contributed by atoms with van der Waals surface area (Å²) in [6.07, 6.45) is 4.99. The molecule has 0 amide bonds. The average Bonchev–Trinajstić information content (AvgIpc) is 3.02. The van der Waals surface area contributed by atoms with E-state index in [1.807, 2.05) is 17.0 Å². The van der Waals surface area contributed by atoms with Crippen molar-refractivity contribution in [3.63, 3.8) is 0 Å². The summed E-state index contributed by atoms with van der Waals surface area (Å²) in [5.41, 5.74) is 3.25. The number of sulfonamides is 1. The Morgan fingerprint density at radius 2 is 1.50 bits per heavy atom. The molecule has 7 N–H and O–H groups in total. The van der Waals surface area contributed by atoms with Crippen LogP contribution in [0.2, 0.25) is 0 Å². The molecule has 264 valence electrons. The number of aliphatic hydroxyl groups excluding tert-OH is 2. The lowest BCUT2D eigenvalue weighted by Gasteiger charge is -2.28. The van der Waals surface area contributed by atoms with Crippen LogP contribution in [0.4, 0.5) is 5.69 Å². The largest absolute Gasteiger partial charge is 0.508 e. The first-order chi connectivity index (χ1) is 22.7. The van der Waals surface area contributed by atoms with E-state index in [2.05, 4.69) is 4.18 Å². The summed E-state index contributed by atoms with van der Waals surface area (Å²) in [5.74, 6) is -0.983. The summed E-state index contributed by atoms with van der Waals surface area (Å²) in [7, 11) is -8.17. The highest BCUT2D eigenvalue weighted by atomic mass is 32.2. The predicted octanol–water partition coefficient (Wildman–Crippen LogP) is 2.96. The average molecular weight is 708 g/mol. The molecule has 0 aliphatic rings. The van der Waals surface area contributed by atoms with Crippen molar-refractivity contribution in [2.24, 2.45) is 10.3 Å². The van der Waals surface area contributed by atoms with E-state index in [-0.39, 0.29) is 30.2 Å². The van der Waals surface area contributed by atoms with Gasteiger partial charge in [0.15, 0.2) is 0 Å². The minimum atomic E-state index is -4.33. The molecular weight excluding hydrogens is 663 g/mol. The van der Waals surface area contributed by atoms with Crippen LogP contribution < -0.4 is 15.2 Å². The Kier molecular flexibility index (Phi) is 15.3. The molecule has 15 heteroatoms. The molecule has 0 spiro atoms. The fourth-order valence-electron chi connectivity index (χ4n) is 5.14. The molecule has 0 saturated carbocycles. The molecule has 3 aromatic rings. The Bertz CT molecular complexity index is 1680. The summed E-state index contributed by atoms with van der Waals surface area (Å²) < 4.78 is 55.2. The first-order valence-corrected chi connectivity index (χ1v) is 18.7. The fraction of sp³-hybridized carbons (Fsp3) is 0.424. The molecule has 1 atom stereocenters. The summed E-state index contributed by atoms with van der Waals surface area (Å²) in [6.45, 7) is 1.70. The number of carbonyl (C=O) groups is 1. The summed E-state index contributed by atoms with van der Waals surface area (Å²) in [6, 6.07) is 18.1. The molecule has 48 heavy (non-hydrogen) atoms. The van der Waals surface area contributed by atoms with Crippen LogP contribution in [0.25, 0.3) is 0 Å². The maximum atomic E-state index is 11.7. The van der Waals surface area contributed by atoms with Crippen molar-refractivity contribution in [1.82, 2.24) is 0 Å². The van der Waals surface area contributed by atoms with Crippen molar-refractivity contribution >= 4 is 32.0 Å². The lowest BCUT2D eigenvalue weighted by molar-refractivity contribution is -0.133. The highest BCUT2D eigenvalue weighted by molar-refractivity contribution is 7.89. The summed E-state index contributed by atoms with van der Waals surface area (Å²) >= 11 is 0. The van der Waals surface area contributed by atoms with Crippen molar-refractivity contribution in [1.29, 1.82) is 0 Å². The van der Waals surface area contributed by atoms with E-state index in [1.54, 1.807) is 36.4 Å². The maximum absolute atomic E-state index is 11.7. The molecule has 0 saturated heterocycles. The Morgan fingerprint density at radius 3 is 2.17 bits per heavy atom. The number of hydrogen-bond donors (Lipinski definition) is 5. The van der Waals surface area contributed by atoms with Gasteiger partial charge in [-0.15, -0.1) is 0 Å². The summed E-state index contributed by atoms with van der Waals surface area (Å²) in [5, 5.41) is 40.3. The zero-order valence-corrected chi connectivity index (χ0v) is 28.4. The second-order valence-corrected chi connectivity index (χ2v) is 14.2. The number of benzene rings is 3. The molecule has 0 aromatic heterocycles. The number of nitrogens with zero attached hydrogens (tertiary/aromatic N) is 1. The fourth-order valence-corrected chi connectivity index (χ4v) is 5.98. The molecule has 0 radical (unpaired) electrons. The van der Waals surface area contributed by atoms with Gasteiger partial charge in [-0.1, -0.05) is 43.2 Å². The van der Waals surface area contributed by atoms with E-state index in [1.165, 1.54) is 18.2 Å². The van der Waals surface area contributed by atoms with Gasteiger partial charge in [-0.2, -0.15) is 13.6 Å². The van der Waals surface area contributed by atoms with Gasteiger partial charge in [0, 0.05) is 37.6 Å². The third kappa shape index (κ3) is 13.9. The highest BCUT2D eigenvalue weighted by Gasteiger charge is 2.17. The monoisotopic (exact) mass is 707 g/mol. The Morgan fingerprint density at radius 1 is 0.833 bits per heavy atom. The van der Waals surface area contributed by atoms with Gasteiger partial charge in [0.25, 0.3) is 0 Å². The minimum Gasteiger partial charge on any atom is -0.508 e. The van der Waals surface area contributed by atoms with Crippen LogP contribution in [0.1, 0.15) is 66.9 Å². The van der Waals surface area contributed by atoms with Crippen LogP contribution in [0.5, 0.6) is 5.75 Å². The highest BCUT2D eigenvalue weighted by Crippen LogP contribution is 2.26. The number of nitrogens with two attached hydrogens (primary N) is 2. The lowest BCUT2D eigenvalue weighted by Crippen LogP contribution is -2.30. The Balaban J connectivity index is 1.38. The third-order valence-corrected chi connectivity index (χ3v) is 8.95.